The number of benzene rings is 1. The number of halogens is 2. The van der Waals surface area contributed by atoms with Crippen LogP contribution in [0.25, 0.3) is 5.70 Å². The Morgan fingerprint density at radius 1 is 1.20 bits per heavy atom. The molecule has 1 amide bonds. The molecule has 0 spiro atoms. The summed E-state index contributed by atoms with van der Waals surface area (Å²) in [7, 11) is 3.00. The molecule has 41 heavy (non-hydrogen) atoms. The molecule has 216 valence electrons. The number of amidine groups is 1. The zero-order chi connectivity index (χ0) is 29.4. The highest BCUT2D eigenvalue weighted by Crippen LogP contribution is 2.32. The van der Waals surface area contributed by atoms with Crippen LogP contribution >= 0.6 is 0 Å². The number of piperazine rings is 1. The zero-order valence-electron chi connectivity index (χ0n) is 22.6. The number of furan rings is 1. The molecule has 1 aromatic carbocycles. The highest BCUT2D eigenvalue weighted by Gasteiger charge is 2.30. The SMILES string of the molecule is C=C1c2c(n(CCN3CCN(c4cc(C(=O)NC)c(F)cc4F)CC3)c(=O)n2C)N=C(N)N1/N=C(\N)c1ccco1. The number of rotatable bonds is 7. The molecule has 5 rings (SSSR count). The van der Waals surface area contributed by atoms with E-state index in [0.717, 1.165) is 6.07 Å². The van der Waals surface area contributed by atoms with Crippen LogP contribution in [0, 0.1) is 11.6 Å². The number of guanidine groups is 1. The van der Waals surface area contributed by atoms with E-state index in [4.69, 9.17) is 15.9 Å². The summed E-state index contributed by atoms with van der Waals surface area (Å²) in [5, 5.41) is 7.89. The second-order valence-corrected chi connectivity index (χ2v) is 9.55. The van der Waals surface area contributed by atoms with Crippen LogP contribution in [-0.4, -0.2) is 76.5 Å². The van der Waals surface area contributed by atoms with Crippen molar-refractivity contribution in [2.45, 2.75) is 6.54 Å². The molecule has 5 N–H and O–H groups in total. The Hall–Kier alpha value is -4.92. The predicted molar refractivity (Wildman–Crippen MR) is 150 cm³/mol. The molecule has 2 aliphatic rings. The van der Waals surface area contributed by atoms with Crippen LogP contribution < -0.4 is 27.4 Å². The number of anilines is 1. The van der Waals surface area contributed by atoms with Gasteiger partial charge in [-0.3, -0.25) is 18.8 Å². The van der Waals surface area contributed by atoms with Gasteiger partial charge in [0.05, 0.1) is 23.2 Å². The van der Waals surface area contributed by atoms with E-state index < -0.39 is 17.5 Å². The number of carbonyl (C=O) groups excluding carboxylic acids is 1. The van der Waals surface area contributed by atoms with E-state index in [-0.39, 0.29) is 28.7 Å². The molecule has 2 aliphatic heterocycles. The van der Waals surface area contributed by atoms with Crippen molar-refractivity contribution in [3.63, 3.8) is 0 Å². The molecule has 15 heteroatoms. The minimum Gasteiger partial charge on any atom is -0.461 e. The molecule has 0 radical (unpaired) electrons. The smallest absolute Gasteiger partial charge is 0.330 e. The van der Waals surface area contributed by atoms with Gasteiger partial charge in [0.25, 0.3) is 5.91 Å². The first-order valence-electron chi connectivity index (χ1n) is 12.8. The van der Waals surface area contributed by atoms with Crippen LogP contribution in [-0.2, 0) is 13.6 Å². The second-order valence-electron chi connectivity index (χ2n) is 9.55. The first-order valence-corrected chi connectivity index (χ1v) is 12.8. The molecular formula is C26H30F2N10O3. The van der Waals surface area contributed by atoms with Gasteiger partial charge in [-0.2, -0.15) is 10.0 Å². The van der Waals surface area contributed by atoms with Gasteiger partial charge in [0.15, 0.2) is 17.4 Å². The van der Waals surface area contributed by atoms with E-state index in [2.05, 4.69) is 26.9 Å². The third-order valence-corrected chi connectivity index (χ3v) is 7.13. The number of nitrogens with two attached hydrogens (primary N) is 2. The van der Waals surface area contributed by atoms with Gasteiger partial charge in [-0.05, 0) is 18.2 Å². The second kappa shape index (κ2) is 10.9. The van der Waals surface area contributed by atoms with Crippen molar-refractivity contribution in [3.8, 4) is 0 Å². The van der Waals surface area contributed by atoms with Crippen LogP contribution in [0.4, 0.5) is 20.3 Å². The normalized spacial score (nSPS) is 16.1. The third kappa shape index (κ3) is 5.06. The van der Waals surface area contributed by atoms with Crippen LogP contribution in [0.1, 0.15) is 21.8 Å². The highest BCUT2D eigenvalue weighted by molar-refractivity contribution is 5.99. The molecule has 4 heterocycles. The maximum Gasteiger partial charge on any atom is 0.330 e. The van der Waals surface area contributed by atoms with E-state index in [1.165, 1.54) is 33.5 Å². The lowest BCUT2D eigenvalue weighted by atomic mass is 10.1. The summed E-state index contributed by atoms with van der Waals surface area (Å²) in [6.45, 7) is 6.90. The van der Waals surface area contributed by atoms with Crippen LogP contribution in [0.2, 0.25) is 0 Å². The largest absolute Gasteiger partial charge is 0.461 e. The molecule has 0 saturated carbocycles. The van der Waals surface area contributed by atoms with Crippen molar-refractivity contribution < 1.29 is 18.0 Å². The van der Waals surface area contributed by atoms with E-state index in [0.29, 0.717) is 62.2 Å². The van der Waals surface area contributed by atoms with Crippen molar-refractivity contribution in [2.75, 3.05) is 44.7 Å². The number of nitrogens with zero attached hydrogens (tertiary/aromatic N) is 7. The number of hydrogen-bond donors (Lipinski definition) is 3. The molecule has 0 aliphatic carbocycles. The minimum atomic E-state index is -0.914. The zero-order valence-corrected chi connectivity index (χ0v) is 22.6. The monoisotopic (exact) mass is 568 g/mol. The molecule has 0 unspecified atom stereocenters. The average Bonchev–Trinajstić information content (AvgIpc) is 3.57. The molecule has 1 fully saturated rings. The summed E-state index contributed by atoms with van der Waals surface area (Å²) in [5.74, 6) is -1.52. The Morgan fingerprint density at radius 2 is 1.93 bits per heavy atom. The van der Waals surface area contributed by atoms with Crippen LogP contribution in [0.3, 0.4) is 0 Å². The fourth-order valence-corrected chi connectivity index (χ4v) is 4.91. The number of hydrogen-bond acceptors (Lipinski definition) is 9. The Labute approximate surface area is 233 Å². The summed E-state index contributed by atoms with van der Waals surface area (Å²) in [6.07, 6.45) is 1.46. The number of imidazole rings is 1. The Morgan fingerprint density at radius 3 is 2.59 bits per heavy atom. The fourth-order valence-electron chi connectivity index (χ4n) is 4.91. The molecule has 3 aromatic rings. The maximum atomic E-state index is 14.6. The average molecular weight is 569 g/mol. The lowest BCUT2D eigenvalue weighted by Gasteiger charge is -2.36. The number of aliphatic imine (C=N–C) groups is 1. The van der Waals surface area contributed by atoms with Crippen molar-refractivity contribution in [1.29, 1.82) is 0 Å². The van der Waals surface area contributed by atoms with E-state index in [1.54, 1.807) is 24.1 Å². The maximum absolute atomic E-state index is 14.6. The van der Waals surface area contributed by atoms with Crippen molar-refractivity contribution in [2.24, 2.45) is 28.6 Å². The predicted octanol–water partition coefficient (Wildman–Crippen LogP) is 0.793. The molecule has 0 atom stereocenters. The van der Waals surface area contributed by atoms with Gasteiger partial charge in [0, 0.05) is 59.4 Å². The van der Waals surface area contributed by atoms with Crippen molar-refractivity contribution in [3.05, 3.63) is 76.2 Å². The standard InChI is InChI=1S/C26H30F2N10O3/c1-15-21-23(32-25(30)38(15)33-22(29)20-5-4-12-41-20)37(26(40)34(21)3)11-8-35-6-9-36(10-7-35)19-13-16(24(39)31-2)17(27)14-18(19)28/h4-5,12-14H,1,6-11H2,2-3H3,(H2,29,33)(H2,30,32)(H,31,39). The lowest BCUT2D eigenvalue weighted by Crippen LogP contribution is -2.48. The number of fused-ring (bicyclic) bond motifs is 1. The Bertz CT molecular complexity index is 1610. The topological polar surface area (TPSA) is 156 Å². The summed E-state index contributed by atoms with van der Waals surface area (Å²) in [5.41, 5.74) is 12.6. The van der Waals surface area contributed by atoms with Crippen LogP contribution in [0.5, 0.6) is 0 Å². The van der Waals surface area contributed by atoms with Gasteiger partial charge in [-0.25, -0.2) is 13.6 Å². The van der Waals surface area contributed by atoms with Gasteiger partial charge in [-0.1, -0.05) is 6.58 Å². The Balaban J connectivity index is 1.28. The molecule has 2 aromatic heterocycles. The number of carbonyl (C=O) groups is 1. The molecule has 13 nitrogen and oxygen atoms in total. The first kappa shape index (κ1) is 27.6. The number of nitrogens with one attached hydrogen (secondary N) is 1. The summed E-state index contributed by atoms with van der Waals surface area (Å²) in [6, 6.07) is 5.29. The summed E-state index contributed by atoms with van der Waals surface area (Å²) in [4.78, 5) is 33.4. The van der Waals surface area contributed by atoms with E-state index in [1.807, 2.05) is 0 Å². The number of aromatic nitrogens is 2. The summed E-state index contributed by atoms with van der Waals surface area (Å²) >= 11 is 0. The van der Waals surface area contributed by atoms with Gasteiger partial charge in [-0.15, -0.1) is 5.10 Å². The minimum absolute atomic E-state index is 0.0116. The quantitative estimate of drug-likeness (QED) is 0.279. The van der Waals surface area contributed by atoms with Gasteiger partial charge in [0.1, 0.15) is 17.3 Å². The Kier molecular flexibility index (Phi) is 7.36. The van der Waals surface area contributed by atoms with Crippen molar-refractivity contribution in [1.82, 2.24) is 24.4 Å². The molecular weight excluding hydrogens is 538 g/mol. The van der Waals surface area contributed by atoms with Gasteiger partial charge in [0.2, 0.25) is 5.96 Å². The van der Waals surface area contributed by atoms with E-state index in [9.17, 15) is 18.4 Å². The van der Waals surface area contributed by atoms with E-state index >= 15 is 0 Å². The number of amides is 1. The molecule has 0 bridgehead atoms. The fraction of sp³-hybridized carbons (Fsp3) is 0.308. The highest BCUT2D eigenvalue weighted by atomic mass is 19.1. The van der Waals surface area contributed by atoms with Crippen LogP contribution in [0.15, 0.2) is 56.4 Å². The van der Waals surface area contributed by atoms with Gasteiger partial charge >= 0.3 is 5.69 Å². The van der Waals surface area contributed by atoms with Crippen molar-refractivity contribution >= 4 is 34.9 Å². The number of hydrazone groups is 1. The first-order chi connectivity index (χ1) is 19.6. The third-order valence-electron chi connectivity index (χ3n) is 7.13. The molecule has 1 saturated heterocycles. The van der Waals surface area contributed by atoms with Gasteiger partial charge < -0.3 is 26.1 Å². The summed E-state index contributed by atoms with van der Waals surface area (Å²) < 4.78 is 36.9. The lowest BCUT2D eigenvalue weighted by molar-refractivity contribution is 0.0959.